The second kappa shape index (κ2) is 9.49. The molecule has 3 aromatic rings. The standard InChI is InChI=1S/C20H18BrN5O2S/c1-3-19-24-25-20(29)26(19)23-11-15-8-17(27-2)18(9-16(15)21)28-12-14-7-5-4-6-13(14)10-22/h4-9,11H,3,12H2,1-2H3,(H,25,29)/b23-11-. The van der Waals surface area contributed by atoms with Crippen molar-refractivity contribution < 1.29 is 9.47 Å². The zero-order valence-electron chi connectivity index (χ0n) is 15.8. The van der Waals surface area contributed by atoms with Crippen molar-refractivity contribution in [1.29, 1.82) is 5.26 Å². The molecule has 0 amide bonds. The minimum Gasteiger partial charge on any atom is -0.493 e. The summed E-state index contributed by atoms with van der Waals surface area (Å²) in [6.45, 7) is 2.23. The normalized spacial score (nSPS) is 10.8. The Morgan fingerprint density at radius 2 is 2.14 bits per heavy atom. The lowest BCUT2D eigenvalue weighted by Crippen LogP contribution is -2.01. The van der Waals surface area contributed by atoms with Crippen LogP contribution in [0.5, 0.6) is 11.5 Å². The van der Waals surface area contributed by atoms with E-state index in [1.54, 1.807) is 24.1 Å². The molecule has 9 heteroatoms. The van der Waals surface area contributed by atoms with E-state index in [-0.39, 0.29) is 6.61 Å². The Labute approximate surface area is 181 Å². The minimum absolute atomic E-state index is 0.254. The second-order valence-electron chi connectivity index (χ2n) is 5.94. The Bertz CT molecular complexity index is 1150. The van der Waals surface area contributed by atoms with E-state index >= 15 is 0 Å². The van der Waals surface area contributed by atoms with Gasteiger partial charge in [-0.1, -0.05) is 25.1 Å². The molecule has 148 valence electrons. The monoisotopic (exact) mass is 471 g/mol. The number of nitrogens with one attached hydrogen (secondary N) is 1. The molecule has 0 aliphatic rings. The van der Waals surface area contributed by atoms with Gasteiger partial charge in [-0.25, -0.2) is 0 Å². The maximum absolute atomic E-state index is 9.22. The maximum Gasteiger partial charge on any atom is 0.216 e. The van der Waals surface area contributed by atoms with Crippen molar-refractivity contribution in [2.24, 2.45) is 5.10 Å². The summed E-state index contributed by atoms with van der Waals surface area (Å²) in [4.78, 5) is 0. The number of rotatable bonds is 7. The van der Waals surface area contributed by atoms with Crippen molar-refractivity contribution in [1.82, 2.24) is 14.9 Å². The molecule has 1 aromatic heterocycles. The van der Waals surface area contributed by atoms with Gasteiger partial charge in [-0.2, -0.15) is 20.1 Å². The first-order valence-corrected chi connectivity index (χ1v) is 9.96. The largest absolute Gasteiger partial charge is 0.493 e. The predicted molar refractivity (Wildman–Crippen MR) is 116 cm³/mol. The molecule has 2 aromatic carbocycles. The fraction of sp³-hybridized carbons (Fsp3) is 0.200. The van der Waals surface area contributed by atoms with Gasteiger partial charge in [0.1, 0.15) is 6.61 Å². The molecule has 0 bridgehead atoms. The summed E-state index contributed by atoms with van der Waals surface area (Å²) in [5.41, 5.74) is 2.18. The smallest absolute Gasteiger partial charge is 0.216 e. The molecule has 0 radical (unpaired) electrons. The predicted octanol–water partition coefficient (Wildman–Crippen LogP) is 4.61. The maximum atomic E-state index is 9.22. The number of hydrogen-bond donors (Lipinski definition) is 1. The number of ether oxygens (including phenoxy) is 2. The average molecular weight is 472 g/mol. The number of aromatic nitrogens is 3. The van der Waals surface area contributed by atoms with Gasteiger partial charge in [0.05, 0.1) is 25.0 Å². The van der Waals surface area contributed by atoms with Crippen LogP contribution in [0.2, 0.25) is 0 Å². The van der Waals surface area contributed by atoms with Gasteiger partial charge in [0.25, 0.3) is 0 Å². The highest BCUT2D eigenvalue weighted by Crippen LogP contribution is 2.33. The molecule has 3 rings (SSSR count). The number of hydrogen-bond acceptors (Lipinski definition) is 6. The fourth-order valence-electron chi connectivity index (χ4n) is 2.62. The third kappa shape index (κ3) is 4.72. The highest BCUT2D eigenvalue weighted by atomic mass is 79.9. The minimum atomic E-state index is 0.254. The first-order chi connectivity index (χ1) is 14.1. The third-order valence-corrected chi connectivity index (χ3v) is 5.10. The van der Waals surface area contributed by atoms with Gasteiger partial charge in [-0.3, -0.25) is 5.10 Å². The summed E-state index contributed by atoms with van der Waals surface area (Å²) in [6.07, 6.45) is 2.37. The molecule has 0 atom stereocenters. The summed E-state index contributed by atoms with van der Waals surface area (Å²) in [7, 11) is 1.57. The number of halogens is 1. The van der Waals surface area contributed by atoms with Gasteiger partial charge in [0, 0.05) is 22.0 Å². The first kappa shape index (κ1) is 20.8. The highest BCUT2D eigenvalue weighted by molar-refractivity contribution is 9.10. The van der Waals surface area contributed by atoms with Crippen molar-refractivity contribution in [2.75, 3.05) is 7.11 Å². The number of aryl methyl sites for hydroxylation is 1. The second-order valence-corrected chi connectivity index (χ2v) is 7.18. The number of nitriles is 1. The number of nitrogens with zero attached hydrogens (tertiary/aromatic N) is 4. The van der Waals surface area contributed by atoms with Crippen molar-refractivity contribution in [3.8, 4) is 17.6 Å². The summed E-state index contributed by atoms with van der Waals surface area (Å²) in [5, 5.41) is 20.5. The Morgan fingerprint density at radius 3 is 2.86 bits per heavy atom. The van der Waals surface area contributed by atoms with E-state index in [0.29, 0.717) is 28.3 Å². The zero-order chi connectivity index (χ0) is 20.8. The van der Waals surface area contributed by atoms with Crippen LogP contribution in [-0.4, -0.2) is 28.2 Å². The number of aromatic amines is 1. The molecule has 1 heterocycles. The lowest BCUT2D eigenvalue weighted by molar-refractivity contribution is 0.284. The molecule has 0 fully saturated rings. The van der Waals surface area contributed by atoms with E-state index in [1.807, 2.05) is 37.3 Å². The van der Waals surface area contributed by atoms with Gasteiger partial charge < -0.3 is 9.47 Å². The number of H-pyrrole nitrogens is 1. The zero-order valence-corrected chi connectivity index (χ0v) is 18.2. The molecule has 0 aliphatic carbocycles. The van der Waals surface area contributed by atoms with Gasteiger partial charge in [-0.15, -0.1) is 0 Å². The van der Waals surface area contributed by atoms with Gasteiger partial charge in [0.15, 0.2) is 17.3 Å². The summed E-state index contributed by atoms with van der Waals surface area (Å²) < 4.78 is 14.2. The van der Waals surface area contributed by atoms with Crippen LogP contribution < -0.4 is 9.47 Å². The average Bonchev–Trinajstić information content (AvgIpc) is 3.11. The Kier molecular flexibility index (Phi) is 6.80. The molecule has 0 spiro atoms. The molecule has 0 saturated heterocycles. The number of methoxy groups -OCH3 is 1. The summed E-state index contributed by atoms with van der Waals surface area (Å²) in [5.74, 6) is 1.85. The first-order valence-electron chi connectivity index (χ1n) is 8.76. The van der Waals surface area contributed by atoms with Crippen molar-refractivity contribution >= 4 is 34.4 Å². The van der Waals surface area contributed by atoms with Gasteiger partial charge in [0.2, 0.25) is 4.77 Å². The van der Waals surface area contributed by atoms with Crippen molar-refractivity contribution in [3.05, 3.63) is 68.2 Å². The van der Waals surface area contributed by atoms with Crippen LogP contribution in [-0.2, 0) is 13.0 Å². The van der Waals surface area contributed by atoms with E-state index in [1.165, 1.54) is 0 Å². The lowest BCUT2D eigenvalue weighted by Gasteiger charge is -2.13. The highest BCUT2D eigenvalue weighted by Gasteiger charge is 2.11. The van der Waals surface area contributed by atoms with Crippen LogP contribution in [0.4, 0.5) is 0 Å². The quantitative estimate of drug-likeness (QED) is 0.401. The van der Waals surface area contributed by atoms with Gasteiger partial charge >= 0.3 is 0 Å². The topological polar surface area (TPSA) is 88.2 Å². The van der Waals surface area contributed by atoms with Crippen molar-refractivity contribution in [3.63, 3.8) is 0 Å². The Balaban J connectivity index is 1.86. The molecule has 0 aliphatic heterocycles. The molecular weight excluding hydrogens is 454 g/mol. The van der Waals surface area contributed by atoms with Crippen LogP contribution in [0.3, 0.4) is 0 Å². The van der Waals surface area contributed by atoms with E-state index in [2.05, 4.69) is 37.3 Å². The van der Waals surface area contributed by atoms with E-state index < -0.39 is 0 Å². The van der Waals surface area contributed by atoms with E-state index in [0.717, 1.165) is 21.4 Å². The Morgan fingerprint density at radius 1 is 1.34 bits per heavy atom. The lowest BCUT2D eigenvalue weighted by atomic mass is 10.1. The van der Waals surface area contributed by atoms with Crippen LogP contribution in [0.25, 0.3) is 0 Å². The molecular formula is C20H18BrN5O2S. The molecule has 29 heavy (non-hydrogen) atoms. The van der Waals surface area contributed by atoms with Crippen LogP contribution in [0, 0.1) is 16.1 Å². The number of benzene rings is 2. The molecule has 0 saturated carbocycles. The van der Waals surface area contributed by atoms with E-state index in [9.17, 15) is 5.26 Å². The Hall–Kier alpha value is -2.96. The summed E-state index contributed by atoms with van der Waals surface area (Å²) >= 11 is 8.76. The fourth-order valence-corrected chi connectivity index (χ4v) is 3.25. The van der Waals surface area contributed by atoms with Gasteiger partial charge in [-0.05, 0) is 46.3 Å². The SMILES string of the molecule is CCc1n[nH]c(=S)n1/N=C\c1cc(OC)c(OCc2ccccc2C#N)cc1Br. The van der Waals surface area contributed by atoms with Crippen molar-refractivity contribution in [2.45, 2.75) is 20.0 Å². The van der Waals surface area contributed by atoms with Crippen LogP contribution in [0.1, 0.15) is 29.4 Å². The molecule has 1 N–H and O–H groups in total. The van der Waals surface area contributed by atoms with Crippen LogP contribution in [0.15, 0.2) is 46.0 Å². The molecule has 0 unspecified atom stereocenters. The molecule has 7 nitrogen and oxygen atoms in total. The third-order valence-electron chi connectivity index (χ3n) is 4.15. The van der Waals surface area contributed by atoms with Crippen LogP contribution >= 0.6 is 28.1 Å². The summed E-state index contributed by atoms with van der Waals surface area (Å²) in [6, 6.07) is 13.1. The van der Waals surface area contributed by atoms with E-state index in [4.69, 9.17) is 21.7 Å².